The molecule has 2 rings (SSSR count). The maximum absolute atomic E-state index is 6.00. The smallest absolute Gasteiger partial charge is 0.158 e. The molecule has 1 aromatic carbocycles. The van der Waals surface area contributed by atoms with Gasteiger partial charge >= 0.3 is 0 Å². The molecule has 0 atom stereocenters. The van der Waals surface area contributed by atoms with E-state index in [0.29, 0.717) is 30.0 Å². The summed E-state index contributed by atoms with van der Waals surface area (Å²) in [7, 11) is 1.62. The van der Waals surface area contributed by atoms with Gasteiger partial charge in [0.2, 0.25) is 0 Å². The predicted molar refractivity (Wildman–Crippen MR) is 86.3 cm³/mol. The fraction of sp³-hybridized carbons (Fsp3) is 0.286. The second-order valence-electron chi connectivity index (χ2n) is 4.10. The van der Waals surface area contributed by atoms with Crippen LogP contribution in [0.25, 0.3) is 0 Å². The quantitative estimate of drug-likeness (QED) is 0.771. The Hall–Kier alpha value is -1.37. The van der Waals surface area contributed by atoms with E-state index < -0.39 is 0 Å². The number of nitrogens with one attached hydrogen (secondary N) is 1. The Kier molecular flexibility index (Phi) is 5.78. The summed E-state index contributed by atoms with van der Waals surface area (Å²) < 4.78 is 11.3. The predicted octanol–water partition coefficient (Wildman–Crippen LogP) is 4.18. The van der Waals surface area contributed by atoms with Crippen LogP contribution in [-0.2, 0) is 11.3 Å². The van der Waals surface area contributed by atoms with Crippen molar-refractivity contribution in [2.75, 3.05) is 19.0 Å². The zero-order valence-electron chi connectivity index (χ0n) is 11.7. The number of anilines is 2. The summed E-state index contributed by atoms with van der Waals surface area (Å²) in [5.41, 5.74) is 0.861. The fourth-order valence-corrected chi connectivity index (χ4v) is 2.42. The SMILES string of the molecule is CCOCc1nc(Cl)cc(Nc2ccc(OC)c(Br)c2)n1. The summed E-state index contributed by atoms with van der Waals surface area (Å²) in [6.07, 6.45) is 0. The molecule has 0 saturated carbocycles. The van der Waals surface area contributed by atoms with Crippen molar-refractivity contribution in [3.05, 3.63) is 39.7 Å². The van der Waals surface area contributed by atoms with Gasteiger partial charge in [0, 0.05) is 18.4 Å². The number of halogens is 2. The van der Waals surface area contributed by atoms with Crippen molar-refractivity contribution in [3.63, 3.8) is 0 Å². The van der Waals surface area contributed by atoms with Gasteiger partial charge in [-0.05, 0) is 41.1 Å². The molecule has 0 unspecified atom stereocenters. The zero-order valence-corrected chi connectivity index (χ0v) is 14.0. The molecule has 0 spiro atoms. The van der Waals surface area contributed by atoms with E-state index in [4.69, 9.17) is 21.1 Å². The van der Waals surface area contributed by atoms with Crippen LogP contribution in [0.15, 0.2) is 28.7 Å². The maximum atomic E-state index is 6.00. The molecular weight excluding hydrogens is 358 g/mol. The zero-order chi connectivity index (χ0) is 15.2. The molecule has 5 nitrogen and oxygen atoms in total. The van der Waals surface area contributed by atoms with E-state index in [1.54, 1.807) is 13.2 Å². The summed E-state index contributed by atoms with van der Waals surface area (Å²) in [5, 5.41) is 3.55. The average Bonchev–Trinajstić information content (AvgIpc) is 2.45. The standard InChI is InChI=1S/C14H15BrClN3O2/c1-3-21-8-14-18-12(16)7-13(19-14)17-9-4-5-11(20-2)10(15)6-9/h4-7H,3,8H2,1-2H3,(H,17,18,19). The molecule has 1 heterocycles. The Morgan fingerprint density at radius 2 is 2.10 bits per heavy atom. The normalized spacial score (nSPS) is 10.5. The molecule has 0 radical (unpaired) electrons. The maximum Gasteiger partial charge on any atom is 0.158 e. The number of nitrogens with zero attached hydrogens (tertiary/aromatic N) is 2. The summed E-state index contributed by atoms with van der Waals surface area (Å²) in [5.74, 6) is 1.92. The number of ether oxygens (including phenoxy) is 2. The monoisotopic (exact) mass is 371 g/mol. The molecule has 0 amide bonds. The average molecular weight is 373 g/mol. The second-order valence-corrected chi connectivity index (χ2v) is 5.35. The highest BCUT2D eigenvalue weighted by atomic mass is 79.9. The van der Waals surface area contributed by atoms with Crippen LogP contribution in [0.5, 0.6) is 5.75 Å². The lowest BCUT2D eigenvalue weighted by Gasteiger charge is -2.10. The third kappa shape index (κ3) is 4.56. The van der Waals surface area contributed by atoms with Crippen LogP contribution < -0.4 is 10.1 Å². The first kappa shape index (κ1) is 16.0. The van der Waals surface area contributed by atoms with Crippen LogP contribution in [0.1, 0.15) is 12.7 Å². The van der Waals surface area contributed by atoms with E-state index in [1.165, 1.54) is 0 Å². The Bertz CT molecular complexity index is 625. The summed E-state index contributed by atoms with van der Waals surface area (Å²) in [6, 6.07) is 7.31. The molecule has 0 aliphatic heterocycles. The lowest BCUT2D eigenvalue weighted by atomic mass is 10.3. The highest BCUT2D eigenvalue weighted by molar-refractivity contribution is 9.10. The van der Waals surface area contributed by atoms with Crippen LogP contribution in [0.3, 0.4) is 0 Å². The van der Waals surface area contributed by atoms with Crippen molar-refractivity contribution < 1.29 is 9.47 Å². The Morgan fingerprint density at radius 1 is 1.29 bits per heavy atom. The molecule has 7 heteroatoms. The van der Waals surface area contributed by atoms with Gasteiger partial charge in [0.1, 0.15) is 23.3 Å². The van der Waals surface area contributed by atoms with Gasteiger partial charge in [-0.25, -0.2) is 9.97 Å². The lowest BCUT2D eigenvalue weighted by molar-refractivity contribution is 0.128. The number of aromatic nitrogens is 2. The second kappa shape index (κ2) is 7.59. The van der Waals surface area contributed by atoms with Gasteiger partial charge in [-0.2, -0.15) is 0 Å². The van der Waals surface area contributed by atoms with E-state index >= 15 is 0 Å². The third-order valence-corrected chi connectivity index (χ3v) is 3.41. The topological polar surface area (TPSA) is 56.3 Å². The van der Waals surface area contributed by atoms with Gasteiger partial charge in [-0.1, -0.05) is 11.6 Å². The van der Waals surface area contributed by atoms with Crippen LogP contribution in [0.4, 0.5) is 11.5 Å². The number of methoxy groups -OCH3 is 1. The molecular formula is C14H15BrClN3O2. The van der Waals surface area contributed by atoms with E-state index in [9.17, 15) is 0 Å². The fourth-order valence-electron chi connectivity index (χ4n) is 1.68. The Morgan fingerprint density at radius 3 is 2.76 bits per heavy atom. The number of rotatable bonds is 6. The van der Waals surface area contributed by atoms with Crippen LogP contribution in [0, 0.1) is 0 Å². The minimum Gasteiger partial charge on any atom is -0.496 e. The van der Waals surface area contributed by atoms with Gasteiger partial charge in [-0.15, -0.1) is 0 Å². The van der Waals surface area contributed by atoms with Crippen molar-refractivity contribution in [2.45, 2.75) is 13.5 Å². The van der Waals surface area contributed by atoms with Gasteiger partial charge in [0.25, 0.3) is 0 Å². The molecule has 0 fully saturated rings. The summed E-state index contributed by atoms with van der Waals surface area (Å²) in [4.78, 5) is 8.48. The number of hydrogen-bond donors (Lipinski definition) is 1. The largest absolute Gasteiger partial charge is 0.496 e. The molecule has 0 aliphatic rings. The van der Waals surface area contributed by atoms with Crippen molar-refractivity contribution in [2.24, 2.45) is 0 Å². The van der Waals surface area contributed by atoms with Gasteiger partial charge < -0.3 is 14.8 Å². The molecule has 0 aliphatic carbocycles. The third-order valence-electron chi connectivity index (χ3n) is 2.60. The summed E-state index contributed by atoms with van der Waals surface area (Å²) in [6.45, 7) is 2.85. The van der Waals surface area contributed by atoms with Gasteiger partial charge in [0.15, 0.2) is 5.82 Å². The first-order valence-electron chi connectivity index (χ1n) is 6.34. The molecule has 0 saturated heterocycles. The summed E-state index contributed by atoms with van der Waals surface area (Å²) >= 11 is 9.44. The van der Waals surface area contributed by atoms with Crippen molar-refractivity contribution in [1.29, 1.82) is 0 Å². The van der Waals surface area contributed by atoms with Crippen molar-refractivity contribution in [1.82, 2.24) is 9.97 Å². The minimum absolute atomic E-state index is 0.331. The molecule has 21 heavy (non-hydrogen) atoms. The van der Waals surface area contributed by atoms with E-state index in [-0.39, 0.29) is 0 Å². The first-order valence-corrected chi connectivity index (χ1v) is 7.51. The van der Waals surface area contributed by atoms with Crippen molar-refractivity contribution in [3.8, 4) is 5.75 Å². The van der Waals surface area contributed by atoms with E-state index in [1.807, 2.05) is 25.1 Å². The molecule has 0 bridgehead atoms. The molecule has 1 N–H and O–H groups in total. The Balaban J connectivity index is 2.18. The lowest BCUT2D eigenvalue weighted by Crippen LogP contribution is -2.03. The van der Waals surface area contributed by atoms with Crippen molar-refractivity contribution >= 4 is 39.0 Å². The highest BCUT2D eigenvalue weighted by Crippen LogP contribution is 2.29. The van der Waals surface area contributed by atoms with Crippen LogP contribution >= 0.6 is 27.5 Å². The molecule has 112 valence electrons. The molecule has 2 aromatic rings. The number of hydrogen-bond acceptors (Lipinski definition) is 5. The van der Waals surface area contributed by atoms with Gasteiger partial charge in [0.05, 0.1) is 11.6 Å². The first-order chi connectivity index (χ1) is 10.1. The number of benzene rings is 1. The van der Waals surface area contributed by atoms with Crippen LogP contribution in [0.2, 0.25) is 5.15 Å². The van der Waals surface area contributed by atoms with E-state index in [2.05, 4.69) is 31.2 Å². The van der Waals surface area contributed by atoms with Crippen LogP contribution in [-0.4, -0.2) is 23.7 Å². The van der Waals surface area contributed by atoms with Gasteiger partial charge in [-0.3, -0.25) is 0 Å². The minimum atomic E-state index is 0.331. The van der Waals surface area contributed by atoms with E-state index in [0.717, 1.165) is 15.9 Å². The Labute approximate surface area is 136 Å². The molecule has 1 aromatic heterocycles. The highest BCUT2D eigenvalue weighted by Gasteiger charge is 2.06.